The summed E-state index contributed by atoms with van der Waals surface area (Å²) in [6, 6.07) is 10.8. The minimum absolute atomic E-state index is 0.120. The third-order valence-corrected chi connectivity index (χ3v) is 5.73. The first-order valence-corrected chi connectivity index (χ1v) is 11.2. The van der Waals surface area contributed by atoms with Crippen molar-refractivity contribution < 1.29 is 27.8 Å². The third kappa shape index (κ3) is 7.22. The fourth-order valence-corrected chi connectivity index (χ4v) is 3.77. The normalized spacial score (nSPS) is 15.3. The molecule has 1 aliphatic rings. The van der Waals surface area contributed by atoms with Crippen LogP contribution in [0.15, 0.2) is 42.5 Å². The molecule has 33 heavy (non-hydrogen) atoms. The molecule has 1 heterocycles. The lowest BCUT2D eigenvalue weighted by Crippen LogP contribution is -2.50. The van der Waals surface area contributed by atoms with Gasteiger partial charge in [0.05, 0.1) is 19.3 Å². The van der Waals surface area contributed by atoms with Gasteiger partial charge in [-0.25, -0.2) is 8.78 Å². The van der Waals surface area contributed by atoms with E-state index in [0.29, 0.717) is 37.7 Å². The zero-order chi connectivity index (χ0) is 23.8. The van der Waals surface area contributed by atoms with Gasteiger partial charge in [-0.05, 0) is 36.8 Å². The average Bonchev–Trinajstić information content (AvgIpc) is 2.79. The molecule has 1 unspecified atom stereocenters. The van der Waals surface area contributed by atoms with Crippen molar-refractivity contribution in [3.05, 3.63) is 70.2 Å². The van der Waals surface area contributed by atoms with Gasteiger partial charge >= 0.3 is 5.97 Å². The molecule has 1 aliphatic heterocycles. The van der Waals surface area contributed by atoms with Crippen LogP contribution in [-0.4, -0.2) is 61.0 Å². The molecule has 0 bridgehead atoms. The Labute approximate surface area is 197 Å². The third-order valence-electron chi connectivity index (χ3n) is 5.48. The highest BCUT2D eigenvalue weighted by atomic mass is 35.5. The lowest BCUT2D eigenvalue weighted by Gasteiger charge is -2.36. The number of halogens is 3. The van der Waals surface area contributed by atoms with Gasteiger partial charge < -0.3 is 14.4 Å². The molecule has 0 aliphatic carbocycles. The maximum absolute atomic E-state index is 14.1. The van der Waals surface area contributed by atoms with E-state index in [1.807, 2.05) is 12.1 Å². The molecule has 0 spiro atoms. The van der Waals surface area contributed by atoms with Crippen molar-refractivity contribution in [1.29, 1.82) is 0 Å². The van der Waals surface area contributed by atoms with Gasteiger partial charge in [0.2, 0.25) is 5.91 Å². The Morgan fingerprint density at radius 2 is 1.67 bits per heavy atom. The highest BCUT2D eigenvalue weighted by Crippen LogP contribution is 2.24. The standard InChI is InChI=1S/C24H27ClF2N2O4/c1-2-32-24(31)14-23(30)29-12-10-28(11-13-29)15-22(17-6-8-18(25)9-7-17)33-16-19-20(26)4-3-5-21(19)27/h3-9,22H,2,10-16H2,1H3. The van der Waals surface area contributed by atoms with Gasteiger partial charge in [0.1, 0.15) is 18.1 Å². The highest BCUT2D eigenvalue weighted by molar-refractivity contribution is 6.30. The summed E-state index contributed by atoms with van der Waals surface area (Å²) in [5.41, 5.74) is 0.711. The quantitative estimate of drug-likeness (QED) is 0.401. The molecule has 1 fully saturated rings. The highest BCUT2D eigenvalue weighted by Gasteiger charge is 2.26. The Morgan fingerprint density at radius 3 is 2.27 bits per heavy atom. The smallest absolute Gasteiger partial charge is 0.315 e. The van der Waals surface area contributed by atoms with Crippen molar-refractivity contribution in [2.24, 2.45) is 0 Å². The van der Waals surface area contributed by atoms with Crippen molar-refractivity contribution in [2.75, 3.05) is 39.3 Å². The van der Waals surface area contributed by atoms with Crippen LogP contribution in [-0.2, 0) is 25.7 Å². The van der Waals surface area contributed by atoms with Gasteiger partial charge in [0.25, 0.3) is 0 Å². The van der Waals surface area contributed by atoms with E-state index in [1.54, 1.807) is 24.0 Å². The van der Waals surface area contributed by atoms with Crippen molar-refractivity contribution in [1.82, 2.24) is 9.80 Å². The molecular formula is C24H27ClF2N2O4. The summed E-state index contributed by atoms with van der Waals surface area (Å²) in [6.07, 6.45) is -0.721. The van der Waals surface area contributed by atoms with Crippen LogP contribution >= 0.6 is 11.6 Å². The van der Waals surface area contributed by atoms with Crippen molar-refractivity contribution >= 4 is 23.5 Å². The maximum atomic E-state index is 14.1. The van der Waals surface area contributed by atoms with E-state index in [-0.39, 0.29) is 31.1 Å². The SMILES string of the molecule is CCOC(=O)CC(=O)N1CCN(CC(OCc2c(F)cccc2F)c2ccc(Cl)cc2)CC1. The van der Waals surface area contributed by atoms with Crippen molar-refractivity contribution in [3.8, 4) is 0 Å². The number of benzene rings is 2. The van der Waals surface area contributed by atoms with Crippen LogP contribution in [0.2, 0.25) is 5.02 Å². The van der Waals surface area contributed by atoms with Crippen molar-refractivity contribution in [2.45, 2.75) is 26.1 Å². The number of rotatable bonds is 9. The van der Waals surface area contributed by atoms with Crippen LogP contribution in [0.1, 0.15) is 30.6 Å². The zero-order valence-electron chi connectivity index (χ0n) is 18.4. The lowest BCUT2D eigenvalue weighted by atomic mass is 10.1. The van der Waals surface area contributed by atoms with E-state index >= 15 is 0 Å². The molecule has 0 radical (unpaired) electrons. The minimum Gasteiger partial charge on any atom is -0.466 e. The molecule has 0 saturated carbocycles. The summed E-state index contributed by atoms with van der Waals surface area (Å²) in [5.74, 6) is -2.09. The Balaban J connectivity index is 1.62. The number of esters is 1. The molecule has 1 saturated heterocycles. The van der Waals surface area contributed by atoms with E-state index in [1.165, 1.54) is 18.2 Å². The second-order valence-corrected chi connectivity index (χ2v) is 8.15. The molecule has 9 heteroatoms. The number of hydrogen-bond acceptors (Lipinski definition) is 5. The average molecular weight is 481 g/mol. The van der Waals surface area contributed by atoms with Gasteiger partial charge in [-0.3, -0.25) is 14.5 Å². The van der Waals surface area contributed by atoms with Crippen LogP contribution in [0, 0.1) is 11.6 Å². The second-order valence-electron chi connectivity index (χ2n) is 7.71. The minimum atomic E-state index is -0.654. The predicted molar refractivity (Wildman–Crippen MR) is 120 cm³/mol. The summed E-state index contributed by atoms with van der Waals surface area (Å²) in [4.78, 5) is 27.6. The van der Waals surface area contributed by atoms with Gasteiger partial charge in [0, 0.05) is 43.3 Å². The maximum Gasteiger partial charge on any atom is 0.315 e. The zero-order valence-corrected chi connectivity index (χ0v) is 19.2. The first kappa shape index (κ1) is 25.1. The Hall–Kier alpha value is -2.55. The summed E-state index contributed by atoms with van der Waals surface area (Å²) in [7, 11) is 0. The number of amides is 1. The van der Waals surface area contributed by atoms with E-state index in [2.05, 4.69) is 4.90 Å². The van der Waals surface area contributed by atoms with E-state index in [4.69, 9.17) is 21.1 Å². The summed E-state index contributed by atoms with van der Waals surface area (Å²) < 4.78 is 38.9. The molecule has 0 aromatic heterocycles. The summed E-state index contributed by atoms with van der Waals surface area (Å²) in [6.45, 7) is 4.28. The van der Waals surface area contributed by atoms with Gasteiger partial charge in [0.15, 0.2) is 0 Å². The molecule has 2 aromatic rings. The van der Waals surface area contributed by atoms with Crippen LogP contribution in [0.5, 0.6) is 0 Å². The second kappa shape index (κ2) is 12.1. The Bertz CT molecular complexity index is 930. The van der Waals surface area contributed by atoms with Crippen LogP contribution in [0.25, 0.3) is 0 Å². The predicted octanol–water partition coefficient (Wildman–Crippen LogP) is 3.97. The number of carbonyl (C=O) groups excluding carboxylic acids is 2. The largest absolute Gasteiger partial charge is 0.466 e. The fourth-order valence-electron chi connectivity index (χ4n) is 3.65. The first-order valence-electron chi connectivity index (χ1n) is 10.8. The molecule has 0 N–H and O–H groups in total. The van der Waals surface area contributed by atoms with Gasteiger partial charge in [-0.15, -0.1) is 0 Å². The lowest BCUT2D eigenvalue weighted by molar-refractivity contribution is -0.149. The first-order chi connectivity index (χ1) is 15.9. The number of nitrogens with zero attached hydrogens (tertiary/aromatic N) is 2. The van der Waals surface area contributed by atoms with E-state index in [9.17, 15) is 18.4 Å². The van der Waals surface area contributed by atoms with Gasteiger partial charge in [-0.2, -0.15) is 0 Å². The summed E-state index contributed by atoms with van der Waals surface area (Å²) in [5, 5.41) is 0.575. The number of piperazine rings is 1. The number of hydrogen-bond donors (Lipinski definition) is 0. The fraction of sp³-hybridized carbons (Fsp3) is 0.417. The Kier molecular flexibility index (Phi) is 9.17. The van der Waals surface area contributed by atoms with Gasteiger partial charge in [-0.1, -0.05) is 29.8 Å². The molecule has 1 amide bonds. The van der Waals surface area contributed by atoms with Crippen LogP contribution in [0.3, 0.4) is 0 Å². The molecular weight excluding hydrogens is 454 g/mol. The monoisotopic (exact) mass is 480 g/mol. The molecule has 6 nitrogen and oxygen atoms in total. The van der Waals surface area contributed by atoms with E-state index in [0.717, 1.165) is 5.56 Å². The molecule has 2 aromatic carbocycles. The topological polar surface area (TPSA) is 59.1 Å². The van der Waals surface area contributed by atoms with Crippen LogP contribution < -0.4 is 0 Å². The summed E-state index contributed by atoms with van der Waals surface area (Å²) >= 11 is 6.00. The molecule has 1 atom stereocenters. The van der Waals surface area contributed by atoms with E-state index < -0.39 is 23.7 Å². The van der Waals surface area contributed by atoms with Crippen LogP contribution in [0.4, 0.5) is 8.78 Å². The number of ether oxygens (including phenoxy) is 2. The molecule has 3 rings (SSSR count). The molecule has 178 valence electrons. The Morgan fingerprint density at radius 1 is 1.03 bits per heavy atom. The van der Waals surface area contributed by atoms with Crippen molar-refractivity contribution in [3.63, 3.8) is 0 Å². The number of carbonyl (C=O) groups is 2.